The summed E-state index contributed by atoms with van der Waals surface area (Å²) in [5, 5.41) is 4.84. The summed E-state index contributed by atoms with van der Waals surface area (Å²) in [7, 11) is 0. The Hall–Kier alpha value is -0.450. The highest BCUT2D eigenvalue weighted by Gasteiger charge is 2.27. The van der Waals surface area contributed by atoms with Gasteiger partial charge in [-0.05, 0) is 51.7 Å². The van der Waals surface area contributed by atoms with Crippen molar-refractivity contribution in [3.63, 3.8) is 0 Å². The summed E-state index contributed by atoms with van der Waals surface area (Å²) in [4.78, 5) is 8.59. The lowest BCUT2D eigenvalue weighted by atomic mass is 10.1. The summed E-state index contributed by atoms with van der Waals surface area (Å²) in [6.07, 6.45) is 5.71. The van der Waals surface area contributed by atoms with Crippen LogP contribution in [0.2, 0.25) is 0 Å². The van der Waals surface area contributed by atoms with Gasteiger partial charge >= 0.3 is 0 Å². The molecule has 0 radical (unpaired) electrons. The molecule has 1 aliphatic heterocycles. The Morgan fingerprint density at radius 1 is 1.53 bits per heavy atom. The van der Waals surface area contributed by atoms with Crippen molar-refractivity contribution in [3.8, 4) is 0 Å². The predicted octanol–water partition coefficient (Wildman–Crippen LogP) is 3.09. The van der Waals surface area contributed by atoms with Crippen LogP contribution in [0.5, 0.6) is 0 Å². The second kappa shape index (κ2) is 7.36. The molecule has 0 bridgehead atoms. The van der Waals surface area contributed by atoms with Crippen LogP contribution in [-0.2, 0) is 6.42 Å². The molecule has 108 valence electrons. The second-order valence-corrected chi connectivity index (χ2v) is 6.69. The van der Waals surface area contributed by atoms with Gasteiger partial charge in [0.05, 0.1) is 6.04 Å². The van der Waals surface area contributed by atoms with Gasteiger partial charge in [-0.1, -0.05) is 13.8 Å². The predicted molar refractivity (Wildman–Crippen MR) is 82.7 cm³/mol. The van der Waals surface area contributed by atoms with Crippen LogP contribution in [0, 0.1) is 5.92 Å². The van der Waals surface area contributed by atoms with Crippen molar-refractivity contribution in [2.75, 3.05) is 26.2 Å². The third-order valence-corrected chi connectivity index (χ3v) is 5.31. The van der Waals surface area contributed by atoms with Gasteiger partial charge < -0.3 is 5.32 Å². The number of thiazole rings is 1. The van der Waals surface area contributed by atoms with E-state index in [9.17, 15) is 0 Å². The maximum Gasteiger partial charge on any atom is 0.110 e. The van der Waals surface area contributed by atoms with Crippen molar-refractivity contribution in [1.29, 1.82) is 0 Å². The third kappa shape index (κ3) is 4.01. The van der Waals surface area contributed by atoms with E-state index in [1.54, 1.807) is 0 Å². The number of rotatable bonds is 7. The number of nitrogens with one attached hydrogen (secondary N) is 1. The van der Waals surface area contributed by atoms with Gasteiger partial charge in [0.25, 0.3) is 0 Å². The molecule has 2 heterocycles. The van der Waals surface area contributed by atoms with Crippen molar-refractivity contribution in [2.45, 2.75) is 46.1 Å². The summed E-state index contributed by atoms with van der Waals surface area (Å²) < 4.78 is 0. The Morgan fingerprint density at radius 2 is 2.37 bits per heavy atom. The topological polar surface area (TPSA) is 28.2 Å². The average Bonchev–Trinajstić information content (AvgIpc) is 3.07. The van der Waals surface area contributed by atoms with Gasteiger partial charge in [-0.15, -0.1) is 11.3 Å². The van der Waals surface area contributed by atoms with Crippen LogP contribution in [-0.4, -0.2) is 36.1 Å². The summed E-state index contributed by atoms with van der Waals surface area (Å²) in [5.41, 5.74) is 0. The van der Waals surface area contributed by atoms with Gasteiger partial charge in [-0.25, -0.2) is 4.98 Å². The zero-order chi connectivity index (χ0) is 13.7. The molecule has 0 aliphatic carbocycles. The molecule has 2 unspecified atom stereocenters. The average molecular weight is 281 g/mol. The van der Waals surface area contributed by atoms with Crippen molar-refractivity contribution in [1.82, 2.24) is 15.2 Å². The normalized spacial score (nSPS) is 21.9. The Morgan fingerprint density at radius 3 is 3.05 bits per heavy atom. The van der Waals surface area contributed by atoms with Gasteiger partial charge in [-0.3, -0.25) is 4.90 Å². The summed E-state index contributed by atoms with van der Waals surface area (Å²) in [6, 6.07) is 0.487. The monoisotopic (exact) mass is 281 g/mol. The molecular weight excluding hydrogens is 254 g/mol. The van der Waals surface area contributed by atoms with Crippen LogP contribution in [0.25, 0.3) is 0 Å². The quantitative estimate of drug-likeness (QED) is 0.779. The first-order chi connectivity index (χ1) is 9.24. The highest BCUT2D eigenvalue weighted by molar-refractivity contribution is 7.11. The first-order valence-corrected chi connectivity index (χ1v) is 8.45. The van der Waals surface area contributed by atoms with Gasteiger partial charge in [0, 0.05) is 17.6 Å². The molecule has 1 aromatic heterocycles. The maximum absolute atomic E-state index is 4.59. The molecule has 0 saturated carbocycles. The van der Waals surface area contributed by atoms with E-state index in [2.05, 4.69) is 36.0 Å². The second-order valence-electron chi connectivity index (χ2n) is 5.55. The van der Waals surface area contributed by atoms with Crippen molar-refractivity contribution in [2.24, 2.45) is 5.92 Å². The molecule has 3 nitrogen and oxygen atoms in total. The van der Waals surface area contributed by atoms with E-state index in [0.29, 0.717) is 6.04 Å². The van der Waals surface area contributed by atoms with E-state index < -0.39 is 0 Å². The Balaban J connectivity index is 1.82. The fourth-order valence-corrected chi connectivity index (χ4v) is 3.64. The fraction of sp³-hybridized carbons (Fsp3) is 0.800. The number of nitrogens with zero attached hydrogens (tertiary/aromatic N) is 2. The molecule has 1 aromatic rings. The zero-order valence-electron chi connectivity index (χ0n) is 12.5. The van der Waals surface area contributed by atoms with Crippen molar-refractivity contribution < 1.29 is 0 Å². The summed E-state index contributed by atoms with van der Waals surface area (Å²) >= 11 is 1.88. The molecular formula is C15H27N3S. The zero-order valence-corrected chi connectivity index (χ0v) is 13.3. The number of hydrogen-bond acceptors (Lipinski definition) is 4. The first-order valence-electron chi connectivity index (χ1n) is 7.64. The van der Waals surface area contributed by atoms with Gasteiger partial charge in [0.15, 0.2) is 0 Å². The minimum absolute atomic E-state index is 0.487. The van der Waals surface area contributed by atoms with Crippen molar-refractivity contribution in [3.05, 3.63) is 16.1 Å². The number of hydrogen-bond donors (Lipinski definition) is 1. The Bertz CT molecular complexity index is 377. The van der Waals surface area contributed by atoms with Crippen LogP contribution >= 0.6 is 11.3 Å². The highest BCUT2D eigenvalue weighted by Crippen LogP contribution is 2.29. The third-order valence-electron chi connectivity index (χ3n) is 4.00. The van der Waals surface area contributed by atoms with Crippen LogP contribution in [0.15, 0.2) is 6.20 Å². The van der Waals surface area contributed by atoms with Gasteiger partial charge in [0.2, 0.25) is 0 Å². The first kappa shape index (κ1) is 14.9. The largest absolute Gasteiger partial charge is 0.316 e. The molecule has 19 heavy (non-hydrogen) atoms. The molecule has 0 spiro atoms. The van der Waals surface area contributed by atoms with Crippen molar-refractivity contribution >= 4 is 11.3 Å². The minimum Gasteiger partial charge on any atom is -0.316 e. The molecule has 1 saturated heterocycles. The number of aryl methyl sites for hydroxylation is 1. The van der Waals surface area contributed by atoms with Crippen LogP contribution < -0.4 is 5.32 Å². The van der Waals surface area contributed by atoms with E-state index in [0.717, 1.165) is 18.9 Å². The van der Waals surface area contributed by atoms with Crippen LogP contribution in [0.4, 0.5) is 0 Å². The van der Waals surface area contributed by atoms with E-state index in [1.165, 1.54) is 42.4 Å². The van der Waals surface area contributed by atoms with E-state index in [1.807, 2.05) is 17.5 Å². The molecule has 1 N–H and O–H groups in total. The summed E-state index contributed by atoms with van der Waals surface area (Å²) in [6.45, 7) is 11.5. The molecule has 2 atom stereocenters. The minimum atomic E-state index is 0.487. The SMILES string of the molecule is CCCNCC1CCN(C(C)c2ncc(CC)s2)C1. The van der Waals surface area contributed by atoms with E-state index in [-0.39, 0.29) is 0 Å². The Labute approximate surface area is 121 Å². The molecule has 4 heteroatoms. The van der Waals surface area contributed by atoms with E-state index in [4.69, 9.17) is 0 Å². The van der Waals surface area contributed by atoms with Crippen LogP contribution in [0.3, 0.4) is 0 Å². The molecule has 2 rings (SSSR count). The van der Waals surface area contributed by atoms with Gasteiger partial charge in [-0.2, -0.15) is 0 Å². The lowest BCUT2D eigenvalue weighted by Crippen LogP contribution is -2.28. The molecule has 0 aromatic carbocycles. The number of likely N-dealkylation sites (tertiary alicyclic amines) is 1. The van der Waals surface area contributed by atoms with E-state index >= 15 is 0 Å². The lowest BCUT2D eigenvalue weighted by Gasteiger charge is -2.22. The maximum atomic E-state index is 4.59. The van der Waals surface area contributed by atoms with Crippen LogP contribution in [0.1, 0.15) is 49.5 Å². The lowest BCUT2D eigenvalue weighted by molar-refractivity contribution is 0.251. The fourth-order valence-electron chi connectivity index (χ4n) is 2.70. The molecule has 0 amide bonds. The standard InChI is InChI=1S/C15H27N3S/c1-4-7-16-9-13-6-8-18(11-13)12(3)15-17-10-14(5-2)19-15/h10,12-13,16H,4-9,11H2,1-3H3. The number of aromatic nitrogens is 1. The summed E-state index contributed by atoms with van der Waals surface area (Å²) in [5.74, 6) is 0.819. The van der Waals surface area contributed by atoms with Gasteiger partial charge in [0.1, 0.15) is 5.01 Å². The molecule has 1 aliphatic rings. The highest BCUT2D eigenvalue weighted by atomic mass is 32.1. The molecule has 1 fully saturated rings. The Kier molecular flexibility index (Phi) is 5.79. The smallest absolute Gasteiger partial charge is 0.110 e.